The van der Waals surface area contributed by atoms with Gasteiger partial charge in [0.25, 0.3) is 0 Å². The first kappa shape index (κ1) is 15.2. The summed E-state index contributed by atoms with van der Waals surface area (Å²) in [4.78, 5) is 0. The van der Waals surface area contributed by atoms with Crippen LogP contribution in [0.25, 0.3) is 17.8 Å². The lowest BCUT2D eigenvalue weighted by atomic mass is 10.2. The molecule has 0 aliphatic rings. The molecule has 0 N–H and O–H groups in total. The van der Waals surface area contributed by atoms with E-state index < -0.39 is 11.6 Å². The first-order valence-electron chi connectivity index (χ1n) is 6.85. The third-order valence-electron chi connectivity index (χ3n) is 2.96. The number of rotatable bonds is 3. The van der Waals surface area contributed by atoms with Gasteiger partial charge < -0.3 is 4.57 Å². The molecule has 0 aliphatic heterocycles. The van der Waals surface area contributed by atoms with Crippen molar-refractivity contribution in [2.24, 2.45) is 0 Å². The zero-order valence-electron chi connectivity index (χ0n) is 12.7. The second-order valence-electron chi connectivity index (χ2n) is 5.56. The van der Waals surface area contributed by atoms with Crippen LogP contribution in [0, 0.1) is 11.6 Å². The third kappa shape index (κ3) is 3.48. The average Bonchev–Trinajstić information content (AvgIpc) is 2.71. The molecule has 2 aromatic rings. The maximum Gasteiger partial charge on any atom is 0.150 e. The monoisotopic (exact) mass is 287 g/mol. The minimum atomic E-state index is -0.573. The fourth-order valence-corrected chi connectivity index (χ4v) is 2.23. The van der Waals surface area contributed by atoms with E-state index in [-0.39, 0.29) is 0 Å². The van der Waals surface area contributed by atoms with Crippen molar-refractivity contribution in [3.05, 3.63) is 64.5 Å². The van der Waals surface area contributed by atoms with Crippen molar-refractivity contribution in [3.8, 4) is 5.69 Å². The zero-order chi connectivity index (χ0) is 15.6. The summed E-state index contributed by atoms with van der Waals surface area (Å²) in [6, 6.07) is 7.52. The van der Waals surface area contributed by atoms with E-state index in [4.69, 9.17) is 0 Å². The molecule has 21 heavy (non-hydrogen) atoms. The molecule has 0 bridgehead atoms. The molecular weight excluding hydrogens is 268 g/mol. The second-order valence-corrected chi connectivity index (χ2v) is 5.56. The van der Waals surface area contributed by atoms with E-state index in [1.54, 1.807) is 4.57 Å². The Bertz CT molecular complexity index is 677. The average molecular weight is 287 g/mol. The highest BCUT2D eigenvalue weighted by molar-refractivity contribution is 5.61. The minimum absolute atomic E-state index is 0.349. The van der Waals surface area contributed by atoms with Crippen molar-refractivity contribution in [2.75, 3.05) is 0 Å². The first-order valence-corrected chi connectivity index (χ1v) is 6.85. The molecule has 0 unspecified atom stereocenters. The van der Waals surface area contributed by atoms with Gasteiger partial charge in [-0.2, -0.15) is 0 Å². The predicted molar refractivity (Wildman–Crippen MR) is 84.3 cm³/mol. The van der Waals surface area contributed by atoms with E-state index in [9.17, 15) is 8.78 Å². The molecule has 0 amide bonds. The third-order valence-corrected chi connectivity index (χ3v) is 2.96. The zero-order valence-corrected chi connectivity index (χ0v) is 12.7. The van der Waals surface area contributed by atoms with Crippen LogP contribution < -0.4 is 0 Å². The normalized spacial score (nSPS) is 10.4. The molecule has 0 saturated heterocycles. The SMILES string of the molecule is CC(C)=Cc1ccc(C=C(C)C)n1-c1ccc(F)cc1F. The molecule has 1 aromatic heterocycles. The van der Waals surface area contributed by atoms with Crippen LogP contribution in [0.1, 0.15) is 39.1 Å². The Labute approximate surface area is 124 Å². The summed E-state index contributed by atoms with van der Waals surface area (Å²) in [6.07, 6.45) is 3.95. The molecule has 1 heterocycles. The van der Waals surface area contributed by atoms with E-state index >= 15 is 0 Å². The number of nitrogens with zero attached hydrogens (tertiary/aromatic N) is 1. The fourth-order valence-electron chi connectivity index (χ4n) is 2.23. The molecule has 0 atom stereocenters. The van der Waals surface area contributed by atoms with Gasteiger partial charge in [0.15, 0.2) is 0 Å². The van der Waals surface area contributed by atoms with Gasteiger partial charge in [0, 0.05) is 17.5 Å². The van der Waals surface area contributed by atoms with Crippen molar-refractivity contribution < 1.29 is 8.78 Å². The van der Waals surface area contributed by atoms with Crippen molar-refractivity contribution in [1.29, 1.82) is 0 Å². The highest BCUT2D eigenvalue weighted by Crippen LogP contribution is 2.24. The van der Waals surface area contributed by atoms with E-state index in [1.165, 1.54) is 12.1 Å². The largest absolute Gasteiger partial charge is 0.308 e. The summed E-state index contributed by atoms with van der Waals surface area (Å²) in [5.74, 6) is -1.14. The Morgan fingerprint density at radius 2 is 1.38 bits per heavy atom. The first-order chi connectivity index (χ1) is 9.88. The molecule has 0 saturated carbocycles. The van der Waals surface area contributed by atoms with Gasteiger partial charge in [-0.3, -0.25) is 0 Å². The van der Waals surface area contributed by atoms with Crippen molar-refractivity contribution in [3.63, 3.8) is 0 Å². The highest BCUT2D eigenvalue weighted by Gasteiger charge is 2.12. The second kappa shape index (κ2) is 6.08. The van der Waals surface area contributed by atoms with Crippen LogP contribution in [-0.2, 0) is 0 Å². The van der Waals surface area contributed by atoms with Crippen molar-refractivity contribution in [2.45, 2.75) is 27.7 Å². The van der Waals surface area contributed by atoms with E-state index in [0.29, 0.717) is 5.69 Å². The quantitative estimate of drug-likeness (QED) is 0.692. The lowest BCUT2D eigenvalue weighted by molar-refractivity contribution is 0.577. The Hall–Kier alpha value is -2.16. The standard InChI is InChI=1S/C18H19F2N/c1-12(2)9-15-6-7-16(10-13(3)4)21(15)18-8-5-14(19)11-17(18)20/h5-11H,1-4H3. The minimum Gasteiger partial charge on any atom is -0.308 e. The molecule has 2 rings (SSSR count). The van der Waals surface area contributed by atoms with Crippen molar-refractivity contribution >= 4 is 12.2 Å². The number of aromatic nitrogens is 1. The molecule has 1 nitrogen and oxygen atoms in total. The van der Waals surface area contributed by atoms with Gasteiger partial charge in [0.1, 0.15) is 11.6 Å². The van der Waals surface area contributed by atoms with Gasteiger partial charge in [-0.05, 0) is 64.1 Å². The number of allylic oxidation sites excluding steroid dienone is 2. The van der Waals surface area contributed by atoms with Gasteiger partial charge in [0.2, 0.25) is 0 Å². The lowest BCUT2D eigenvalue weighted by Crippen LogP contribution is -2.03. The summed E-state index contributed by atoms with van der Waals surface area (Å²) < 4.78 is 29.1. The summed E-state index contributed by atoms with van der Waals surface area (Å²) in [5, 5.41) is 0. The van der Waals surface area contributed by atoms with Gasteiger partial charge in [-0.15, -0.1) is 0 Å². The van der Waals surface area contributed by atoms with Crippen LogP contribution >= 0.6 is 0 Å². The van der Waals surface area contributed by atoms with Gasteiger partial charge in [0.05, 0.1) is 5.69 Å². The fraction of sp³-hybridized carbons (Fsp3) is 0.222. The smallest absolute Gasteiger partial charge is 0.150 e. The van der Waals surface area contributed by atoms with Crippen LogP contribution in [0.5, 0.6) is 0 Å². The van der Waals surface area contributed by atoms with E-state index in [1.807, 2.05) is 52.0 Å². The van der Waals surface area contributed by atoms with Gasteiger partial charge in [-0.25, -0.2) is 8.78 Å². The summed E-state index contributed by atoms with van der Waals surface area (Å²) >= 11 is 0. The van der Waals surface area contributed by atoms with Crippen LogP contribution in [0.2, 0.25) is 0 Å². The number of benzene rings is 1. The van der Waals surface area contributed by atoms with Crippen LogP contribution in [-0.4, -0.2) is 4.57 Å². The lowest BCUT2D eigenvalue weighted by Gasteiger charge is -2.12. The maximum atomic E-state index is 14.1. The Kier molecular flexibility index (Phi) is 4.41. The van der Waals surface area contributed by atoms with Crippen molar-refractivity contribution in [1.82, 2.24) is 4.57 Å². The van der Waals surface area contributed by atoms with Gasteiger partial charge >= 0.3 is 0 Å². The van der Waals surface area contributed by atoms with E-state index in [2.05, 4.69) is 0 Å². The molecule has 0 fully saturated rings. The van der Waals surface area contributed by atoms with Crippen LogP contribution in [0.4, 0.5) is 8.78 Å². The molecule has 3 heteroatoms. The number of hydrogen-bond acceptors (Lipinski definition) is 0. The molecule has 110 valence electrons. The summed E-state index contributed by atoms with van der Waals surface area (Å²) in [5.41, 5.74) is 4.31. The Balaban J connectivity index is 2.71. The molecular formula is C18H19F2N. The number of halogens is 2. The molecule has 1 aromatic carbocycles. The number of hydrogen-bond donors (Lipinski definition) is 0. The molecule has 0 radical (unpaired) electrons. The topological polar surface area (TPSA) is 4.93 Å². The van der Waals surface area contributed by atoms with Crippen LogP contribution in [0.3, 0.4) is 0 Å². The summed E-state index contributed by atoms with van der Waals surface area (Å²) in [6.45, 7) is 7.94. The molecule has 0 spiro atoms. The highest BCUT2D eigenvalue weighted by atomic mass is 19.1. The Morgan fingerprint density at radius 1 is 0.857 bits per heavy atom. The molecule has 0 aliphatic carbocycles. The van der Waals surface area contributed by atoms with Gasteiger partial charge in [-0.1, -0.05) is 11.1 Å². The Morgan fingerprint density at radius 3 is 1.81 bits per heavy atom. The maximum absolute atomic E-state index is 14.1. The summed E-state index contributed by atoms with van der Waals surface area (Å²) in [7, 11) is 0. The van der Waals surface area contributed by atoms with E-state index in [0.717, 1.165) is 28.6 Å². The van der Waals surface area contributed by atoms with Crippen LogP contribution in [0.15, 0.2) is 41.5 Å². The predicted octanol–water partition coefficient (Wildman–Crippen LogP) is 5.60.